The Morgan fingerprint density at radius 3 is 2.35 bits per heavy atom. The minimum Gasteiger partial charge on any atom is -0.381 e. The second-order valence-corrected chi connectivity index (χ2v) is 7.03. The highest BCUT2D eigenvalue weighted by molar-refractivity contribution is 5.90. The minimum atomic E-state index is -1.07. The standard InChI is InChI=1S/C15H26O2/c1-6-10(2)12(16)15(17)9-11-7-8-14(15,5)13(11,3)4/h10-11,17H,6-9H2,1-5H3/t10-,11+,14+,15-/m0/s1. The first-order chi connectivity index (χ1) is 7.70. The lowest BCUT2D eigenvalue weighted by Gasteiger charge is -2.45. The summed E-state index contributed by atoms with van der Waals surface area (Å²) in [5, 5.41) is 11.0. The summed E-state index contributed by atoms with van der Waals surface area (Å²) in [5.41, 5.74) is -1.22. The maximum Gasteiger partial charge on any atom is 0.167 e. The van der Waals surface area contributed by atoms with Crippen molar-refractivity contribution in [3.8, 4) is 0 Å². The molecule has 0 unspecified atom stereocenters. The van der Waals surface area contributed by atoms with Crippen LogP contribution in [-0.4, -0.2) is 16.5 Å². The molecule has 0 radical (unpaired) electrons. The number of aliphatic hydroxyl groups is 1. The van der Waals surface area contributed by atoms with Crippen LogP contribution in [-0.2, 0) is 4.79 Å². The summed E-state index contributed by atoms with van der Waals surface area (Å²) in [7, 11) is 0. The lowest BCUT2D eigenvalue weighted by atomic mass is 9.62. The molecule has 0 aromatic carbocycles. The van der Waals surface area contributed by atoms with Crippen LogP contribution < -0.4 is 0 Å². The lowest BCUT2D eigenvalue weighted by Crippen LogP contribution is -2.54. The number of carbonyl (C=O) groups excluding carboxylic acids is 1. The topological polar surface area (TPSA) is 37.3 Å². The second kappa shape index (κ2) is 3.57. The van der Waals surface area contributed by atoms with E-state index < -0.39 is 5.60 Å². The second-order valence-electron chi connectivity index (χ2n) is 7.03. The Kier molecular flexibility index (Phi) is 2.74. The number of Topliss-reactive ketones (excluding diaryl/α,β-unsaturated/α-hetero) is 1. The Labute approximate surface area is 105 Å². The predicted octanol–water partition coefficient (Wildman–Crippen LogP) is 3.18. The molecule has 2 saturated carbocycles. The first kappa shape index (κ1) is 13.1. The van der Waals surface area contributed by atoms with E-state index in [-0.39, 0.29) is 22.5 Å². The van der Waals surface area contributed by atoms with Gasteiger partial charge in [-0.3, -0.25) is 4.79 Å². The van der Waals surface area contributed by atoms with Crippen molar-refractivity contribution in [2.45, 2.75) is 65.9 Å². The molecule has 0 heterocycles. The van der Waals surface area contributed by atoms with E-state index in [1.165, 1.54) is 6.42 Å². The number of fused-ring (bicyclic) bond motifs is 2. The van der Waals surface area contributed by atoms with Crippen molar-refractivity contribution in [1.82, 2.24) is 0 Å². The Hall–Kier alpha value is -0.370. The zero-order valence-electron chi connectivity index (χ0n) is 11.8. The zero-order chi connectivity index (χ0) is 13.1. The molecular formula is C15H26O2. The van der Waals surface area contributed by atoms with Crippen molar-refractivity contribution in [1.29, 1.82) is 0 Å². The van der Waals surface area contributed by atoms with Crippen LogP contribution in [0.1, 0.15) is 60.3 Å². The van der Waals surface area contributed by atoms with E-state index in [9.17, 15) is 9.90 Å². The van der Waals surface area contributed by atoms with Gasteiger partial charge in [0.05, 0.1) is 0 Å². The Morgan fingerprint density at radius 2 is 2.00 bits per heavy atom. The molecule has 1 N–H and O–H groups in total. The van der Waals surface area contributed by atoms with Gasteiger partial charge in [-0.2, -0.15) is 0 Å². The summed E-state index contributed by atoms with van der Waals surface area (Å²) in [6, 6.07) is 0. The molecule has 0 spiro atoms. The normalized spacial score (nSPS) is 44.9. The molecule has 2 bridgehead atoms. The number of carbonyl (C=O) groups is 1. The van der Waals surface area contributed by atoms with Crippen LogP contribution >= 0.6 is 0 Å². The highest BCUT2D eigenvalue weighted by Crippen LogP contribution is 2.70. The van der Waals surface area contributed by atoms with Gasteiger partial charge in [-0.05, 0) is 37.0 Å². The van der Waals surface area contributed by atoms with E-state index in [0.29, 0.717) is 12.3 Å². The SMILES string of the molecule is CC[C@H](C)C(=O)[C@@]1(O)C[C@H]2CC[C@]1(C)C2(C)C. The van der Waals surface area contributed by atoms with Crippen LogP contribution in [0, 0.1) is 22.7 Å². The third-order valence-electron chi connectivity index (χ3n) is 6.36. The van der Waals surface area contributed by atoms with Gasteiger partial charge in [0.25, 0.3) is 0 Å². The van der Waals surface area contributed by atoms with Crippen LogP contribution in [0.5, 0.6) is 0 Å². The number of rotatable bonds is 3. The fraction of sp³-hybridized carbons (Fsp3) is 0.933. The van der Waals surface area contributed by atoms with Gasteiger partial charge in [-0.1, -0.05) is 34.6 Å². The molecule has 0 aliphatic heterocycles. The maximum absolute atomic E-state index is 12.5. The number of hydrogen-bond donors (Lipinski definition) is 1. The smallest absolute Gasteiger partial charge is 0.167 e. The van der Waals surface area contributed by atoms with Gasteiger partial charge in [-0.15, -0.1) is 0 Å². The Balaban J connectivity index is 2.39. The molecular weight excluding hydrogens is 212 g/mol. The van der Waals surface area contributed by atoms with Gasteiger partial charge in [0.2, 0.25) is 0 Å². The molecule has 0 aromatic heterocycles. The summed E-state index contributed by atoms with van der Waals surface area (Å²) >= 11 is 0. The largest absolute Gasteiger partial charge is 0.381 e. The molecule has 0 saturated heterocycles. The van der Waals surface area contributed by atoms with E-state index in [2.05, 4.69) is 20.8 Å². The van der Waals surface area contributed by atoms with Gasteiger partial charge in [0.15, 0.2) is 5.78 Å². The average Bonchev–Trinajstić information content (AvgIpc) is 2.59. The summed E-state index contributed by atoms with van der Waals surface area (Å²) in [6.07, 6.45) is 3.66. The van der Waals surface area contributed by atoms with E-state index in [1.807, 2.05) is 13.8 Å². The molecule has 0 amide bonds. The highest BCUT2D eigenvalue weighted by Gasteiger charge is 2.71. The van der Waals surface area contributed by atoms with Gasteiger partial charge < -0.3 is 5.11 Å². The van der Waals surface area contributed by atoms with Crippen molar-refractivity contribution < 1.29 is 9.90 Å². The molecule has 4 atom stereocenters. The summed E-state index contributed by atoms with van der Waals surface area (Å²) in [5.74, 6) is 0.565. The fourth-order valence-electron chi connectivity index (χ4n) is 4.24. The van der Waals surface area contributed by atoms with Gasteiger partial charge in [-0.25, -0.2) is 0 Å². The maximum atomic E-state index is 12.5. The van der Waals surface area contributed by atoms with Crippen molar-refractivity contribution in [2.75, 3.05) is 0 Å². The van der Waals surface area contributed by atoms with Crippen molar-refractivity contribution in [2.24, 2.45) is 22.7 Å². The predicted molar refractivity (Wildman–Crippen MR) is 68.6 cm³/mol. The quantitative estimate of drug-likeness (QED) is 0.820. The molecule has 98 valence electrons. The van der Waals surface area contributed by atoms with Crippen LogP contribution in [0.3, 0.4) is 0 Å². The van der Waals surface area contributed by atoms with Gasteiger partial charge in [0.1, 0.15) is 5.60 Å². The Morgan fingerprint density at radius 1 is 1.41 bits per heavy atom. The lowest BCUT2D eigenvalue weighted by molar-refractivity contribution is -0.159. The van der Waals surface area contributed by atoms with Crippen LogP contribution in [0.25, 0.3) is 0 Å². The number of hydrogen-bond acceptors (Lipinski definition) is 2. The summed E-state index contributed by atoms with van der Waals surface area (Å²) < 4.78 is 0. The first-order valence-electron chi connectivity index (χ1n) is 6.97. The molecule has 17 heavy (non-hydrogen) atoms. The molecule has 2 fully saturated rings. The summed E-state index contributed by atoms with van der Waals surface area (Å²) in [6.45, 7) is 10.6. The van der Waals surface area contributed by atoms with E-state index in [0.717, 1.165) is 12.8 Å². The van der Waals surface area contributed by atoms with Gasteiger partial charge >= 0.3 is 0 Å². The van der Waals surface area contributed by atoms with Crippen LogP contribution in [0.4, 0.5) is 0 Å². The average molecular weight is 238 g/mol. The fourth-order valence-corrected chi connectivity index (χ4v) is 4.24. The molecule has 2 aliphatic carbocycles. The molecule has 2 nitrogen and oxygen atoms in total. The Bertz CT molecular complexity index is 347. The molecule has 2 aliphatic rings. The van der Waals surface area contributed by atoms with Crippen LogP contribution in [0.2, 0.25) is 0 Å². The molecule has 0 aromatic rings. The first-order valence-corrected chi connectivity index (χ1v) is 6.97. The van der Waals surface area contributed by atoms with E-state index >= 15 is 0 Å². The van der Waals surface area contributed by atoms with E-state index in [4.69, 9.17) is 0 Å². The van der Waals surface area contributed by atoms with Crippen LogP contribution in [0.15, 0.2) is 0 Å². The number of ketones is 1. The monoisotopic (exact) mass is 238 g/mol. The van der Waals surface area contributed by atoms with Gasteiger partial charge in [0, 0.05) is 11.3 Å². The minimum absolute atomic E-state index is 0.0213. The van der Waals surface area contributed by atoms with Crippen molar-refractivity contribution in [3.63, 3.8) is 0 Å². The third-order valence-corrected chi connectivity index (χ3v) is 6.36. The zero-order valence-corrected chi connectivity index (χ0v) is 11.8. The van der Waals surface area contributed by atoms with Crippen molar-refractivity contribution >= 4 is 5.78 Å². The molecule has 2 heteroatoms. The highest BCUT2D eigenvalue weighted by atomic mass is 16.3. The summed E-state index contributed by atoms with van der Waals surface area (Å²) in [4.78, 5) is 12.5. The third kappa shape index (κ3) is 1.34. The van der Waals surface area contributed by atoms with E-state index in [1.54, 1.807) is 0 Å². The molecule has 2 rings (SSSR count). The van der Waals surface area contributed by atoms with Crippen molar-refractivity contribution in [3.05, 3.63) is 0 Å².